The molecule has 0 saturated carbocycles. The van der Waals surface area contributed by atoms with E-state index < -0.39 is 0 Å². The number of ether oxygens (including phenoxy) is 2. The Morgan fingerprint density at radius 2 is 1.82 bits per heavy atom. The maximum atomic E-state index is 13.4. The summed E-state index contributed by atoms with van der Waals surface area (Å²) in [5.41, 5.74) is 3.37. The van der Waals surface area contributed by atoms with Crippen LogP contribution in [-0.4, -0.2) is 45.9 Å². The molecule has 34 heavy (non-hydrogen) atoms. The first-order valence-electron chi connectivity index (χ1n) is 12.2. The normalized spacial score (nSPS) is 15.0. The molecule has 1 unspecified atom stereocenters. The molecule has 0 saturated heterocycles. The number of rotatable bonds is 11. The van der Waals surface area contributed by atoms with Gasteiger partial charge in [-0.1, -0.05) is 44.9 Å². The molecular formula is C27H33N3O4. The molecule has 1 aliphatic rings. The van der Waals surface area contributed by atoms with Crippen molar-refractivity contribution in [1.82, 2.24) is 15.1 Å². The van der Waals surface area contributed by atoms with Gasteiger partial charge in [0.2, 0.25) is 0 Å². The highest BCUT2D eigenvalue weighted by Gasteiger charge is 2.42. The lowest BCUT2D eigenvalue weighted by Crippen LogP contribution is -2.30. The fourth-order valence-corrected chi connectivity index (χ4v) is 4.39. The molecule has 3 aromatic rings. The Morgan fingerprint density at radius 1 is 1.03 bits per heavy atom. The molecule has 2 aromatic carbocycles. The highest BCUT2D eigenvalue weighted by Crippen LogP contribution is 2.46. The van der Waals surface area contributed by atoms with Gasteiger partial charge in [0.25, 0.3) is 5.91 Å². The lowest BCUT2D eigenvalue weighted by molar-refractivity contribution is 0.0741. The Bertz CT molecular complexity index is 1140. The smallest absolute Gasteiger partial charge is 0.273 e. The number of hydrogen-bond acceptors (Lipinski definition) is 5. The second kappa shape index (κ2) is 10.6. The second-order valence-corrected chi connectivity index (χ2v) is 8.47. The average molecular weight is 464 g/mol. The molecule has 180 valence electrons. The van der Waals surface area contributed by atoms with Crippen molar-refractivity contribution < 1.29 is 19.4 Å². The van der Waals surface area contributed by atoms with E-state index in [9.17, 15) is 9.90 Å². The van der Waals surface area contributed by atoms with Crippen LogP contribution in [0.5, 0.6) is 17.2 Å². The molecule has 1 atom stereocenters. The van der Waals surface area contributed by atoms with Gasteiger partial charge in [-0.3, -0.25) is 9.89 Å². The van der Waals surface area contributed by atoms with Gasteiger partial charge in [-0.2, -0.15) is 5.10 Å². The van der Waals surface area contributed by atoms with Gasteiger partial charge in [0.05, 0.1) is 19.3 Å². The van der Waals surface area contributed by atoms with Crippen LogP contribution < -0.4 is 9.47 Å². The summed E-state index contributed by atoms with van der Waals surface area (Å²) >= 11 is 0. The lowest BCUT2D eigenvalue weighted by Gasteiger charge is -2.27. The monoisotopic (exact) mass is 463 g/mol. The number of para-hydroxylation sites is 1. The number of nitrogens with one attached hydrogen (secondary N) is 1. The lowest BCUT2D eigenvalue weighted by atomic mass is 9.95. The topological polar surface area (TPSA) is 87.7 Å². The fourth-order valence-electron chi connectivity index (χ4n) is 4.39. The van der Waals surface area contributed by atoms with Crippen molar-refractivity contribution >= 4 is 5.91 Å². The summed E-state index contributed by atoms with van der Waals surface area (Å²) in [4.78, 5) is 15.3. The Hall–Kier alpha value is -3.48. The number of H-pyrrole nitrogens is 1. The minimum absolute atomic E-state index is 0.0798. The van der Waals surface area contributed by atoms with Crippen LogP contribution in [0.4, 0.5) is 0 Å². The maximum absolute atomic E-state index is 13.4. The van der Waals surface area contributed by atoms with Crippen LogP contribution in [-0.2, 0) is 0 Å². The molecule has 0 fully saturated rings. The zero-order valence-electron chi connectivity index (χ0n) is 20.1. The number of aromatic hydroxyl groups is 1. The highest BCUT2D eigenvalue weighted by molar-refractivity contribution is 6.00. The van der Waals surface area contributed by atoms with Crippen molar-refractivity contribution in [3.8, 4) is 28.5 Å². The van der Waals surface area contributed by atoms with E-state index >= 15 is 0 Å². The van der Waals surface area contributed by atoms with Crippen molar-refractivity contribution in [2.75, 3.05) is 19.8 Å². The van der Waals surface area contributed by atoms with Gasteiger partial charge in [-0.25, -0.2) is 0 Å². The van der Waals surface area contributed by atoms with Crippen LogP contribution in [0.25, 0.3) is 11.3 Å². The number of fused-ring (bicyclic) bond motifs is 1. The van der Waals surface area contributed by atoms with Gasteiger partial charge in [0.15, 0.2) is 11.5 Å². The number of carbonyl (C=O) groups is 1. The highest BCUT2D eigenvalue weighted by atomic mass is 16.5. The summed E-state index contributed by atoms with van der Waals surface area (Å²) in [7, 11) is 0. The first kappa shape index (κ1) is 23.7. The summed E-state index contributed by atoms with van der Waals surface area (Å²) in [6.45, 7) is 7.95. The quantitative estimate of drug-likeness (QED) is 0.356. The predicted molar refractivity (Wildman–Crippen MR) is 131 cm³/mol. The Balaban J connectivity index is 1.81. The van der Waals surface area contributed by atoms with E-state index in [1.54, 1.807) is 12.1 Å². The zero-order valence-corrected chi connectivity index (χ0v) is 20.1. The minimum Gasteiger partial charge on any atom is -0.507 e. The number of unbranched alkanes of at least 4 members (excludes halogenated alkanes) is 2. The summed E-state index contributed by atoms with van der Waals surface area (Å²) in [6, 6.07) is 12.6. The van der Waals surface area contributed by atoms with E-state index in [1.807, 2.05) is 42.2 Å². The summed E-state index contributed by atoms with van der Waals surface area (Å²) in [5, 5.41) is 17.9. The third-order valence-corrected chi connectivity index (χ3v) is 6.11. The van der Waals surface area contributed by atoms with Crippen molar-refractivity contribution in [2.45, 2.75) is 52.5 Å². The molecule has 0 radical (unpaired) electrons. The largest absolute Gasteiger partial charge is 0.507 e. The van der Waals surface area contributed by atoms with E-state index in [0.717, 1.165) is 36.8 Å². The molecule has 1 aromatic heterocycles. The molecule has 4 rings (SSSR count). The van der Waals surface area contributed by atoms with Gasteiger partial charge in [0.1, 0.15) is 17.1 Å². The van der Waals surface area contributed by atoms with E-state index in [1.165, 1.54) is 0 Å². The minimum atomic E-state index is -0.341. The molecule has 0 bridgehead atoms. The molecule has 0 spiro atoms. The third kappa shape index (κ3) is 4.47. The van der Waals surface area contributed by atoms with Crippen LogP contribution in [0.2, 0.25) is 0 Å². The number of carbonyl (C=O) groups excluding carboxylic acids is 1. The molecule has 1 amide bonds. The number of amides is 1. The standard InChI is InChI=1S/C27H33N3O4/c1-4-7-15-30-26(18-13-14-21(34-16-8-5-2)22(17-18)33-6-3)23-24(28-29-25(23)27(30)32)19-11-9-10-12-20(19)31/h9-14,17,26,31H,4-8,15-16H2,1-3H3,(H,28,29). The van der Waals surface area contributed by atoms with Gasteiger partial charge in [-0.15, -0.1) is 0 Å². The van der Waals surface area contributed by atoms with Crippen molar-refractivity contribution in [3.63, 3.8) is 0 Å². The molecule has 2 heterocycles. The summed E-state index contributed by atoms with van der Waals surface area (Å²) in [5.74, 6) is 1.42. The summed E-state index contributed by atoms with van der Waals surface area (Å²) in [6.07, 6.45) is 3.89. The van der Waals surface area contributed by atoms with Gasteiger partial charge in [0, 0.05) is 17.7 Å². The molecule has 0 aliphatic carbocycles. The third-order valence-electron chi connectivity index (χ3n) is 6.11. The number of aromatic nitrogens is 2. The number of nitrogens with zero attached hydrogens (tertiary/aromatic N) is 2. The van der Waals surface area contributed by atoms with Crippen molar-refractivity contribution in [1.29, 1.82) is 0 Å². The first-order chi connectivity index (χ1) is 16.6. The first-order valence-corrected chi connectivity index (χ1v) is 12.2. The van der Waals surface area contributed by atoms with Crippen LogP contribution >= 0.6 is 0 Å². The van der Waals surface area contributed by atoms with Crippen molar-refractivity contribution in [3.05, 3.63) is 59.3 Å². The number of hydrogen-bond donors (Lipinski definition) is 2. The second-order valence-electron chi connectivity index (χ2n) is 8.47. The van der Waals surface area contributed by atoms with Crippen LogP contribution in [0, 0.1) is 0 Å². The predicted octanol–water partition coefficient (Wildman–Crippen LogP) is 5.71. The van der Waals surface area contributed by atoms with Crippen LogP contribution in [0.3, 0.4) is 0 Å². The maximum Gasteiger partial charge on any atom is 0.273 e. The SMILES string of the molecule is CCCCOc1ccc(C2c3c(-c4ccccc4O)n[nH]c3C(=O)N2CCCC)cc1OCC. The number of phenols is 1. The fraction of sp³-hybridized carbons (Fsp3) is 0.407. The molecular weight excluding hydrogens is 430 g/mol. The van der Waals surface area contributed by atoms with Gasteiger partial charge in [-0.05, 0) is 49.6 Å². The Morgan fingerprint density at radius 3 is 2.56 bits per heavy atom. The molecule has 7 heteroatoms. The molecule has 2 N–H and O–H groups in total. The number of aromatic amines is 1. The molecule has 1 aliphatic heterocycles. The van der Waals surface area contributed by atoms with Crippen LogP contribution in [0.1, 0.15) is 74.1 Å². The van der Waals surface area contributed by atoms with Gasteiger partial charge < -0.3 is 19.5 Å². The average Bonchev–Trinajstić information content (AvgIpc) is 3.38. The van der Waals surface area contributed by atoms with E-state index in [-0.39, 0.29) is 17.7 Å². The Labute approximate surface area is 200 Å². The van der Waals surface area contributed by atoms with E-state index in [4.69, 9.17) is 9.47 Å². The van der Waals surface area contributed by atoms with Crippen molar-refractivity contribution in [2.24, 2.45) is 0 Å². The number of benzene rings is 2. The van der Waals surface area contributed by atoms with Gasteiger partial charge >= 0.3 is 0 Å². The van der Waals surface area contributed by atoms with Crippen LogP contribution in [0.15, 0.2) is 42.5 Å². The number of phenolic OH excluding ortho intramolecular Hbond substituents is 1. The summed E-state index contributed by atoms with van der Waals surface area (Å²) < 4.78 is 11.9. The van der Waals surface area contributed by atoms with E-state index in [0.29, 0.717) is 48.2 Å². The van der Waals surface area contributed by atoms with E-state index in [2.05, 4.69) is 24.0 Å². The molecule has 7 nitrogen and oxygen atoms in total. The zero-order chi connectivity index (χ0) is 24.1. The Kier molecular flexibility index (Phi) is 7.40.